The highest BCUT2D eigenvalue weighted by atomic mass is 32.2. The summed E-state index contributed by atoms with van der Waals surface area (Å²) in [6, 6.07) is 9.05. The highest BCUT2D eigenvalue weighted by Gasteiger charge is 1.97. The third-order valence-electron chi connectivity index (χ3n) is 1.09. The molecule has 0 aliphatic heterocycles. The first-order valence-corrected chi connectivity index (χ1v) is 3.93. The van der Waals surface area contributed by atoms with Crippen molar-refractivity contribution in [3.63, 3.8) is 0 Å². The van der Waals surface area contributed by atoms with Crippen LogP contribution in [-0.4, -0.2) is 11.3 Å². The monoisotopic (exact) mass is 156 g/mol. The van der Waals surface area contributed by atoms with Crippen molar-refractivity contribution in [1.29, 1.82) is 0 Å². The van der Waals surface area contributed by atoms with Crippen molar-refractivity contribution < 1.29 is 8.39 Å². The Bertz CT molecular complexity index is 220. The standard InChI is InChI=1S/C7H8O2S/c1-9-10(8)7-5-3-2-4-6-7/h2-6H,1H3/t10-/m1/s1. The molecule has 0 fully saturated rings. The zero-order valence-corrected chi connectivity index (χ0v) is 6.43. The van der Waals surface area contributed by atoms with Crippen molar-refractivity contribution in [3.05, 3.63) is 30.3 Å². The first-order chi connectivity index (χ1) is 4.84. The maximum absolute atomic E-state index is 10.9. The van der Waals surface area contributed by atoms with Gasteiger partial charge in [0.2, 0.25) is 0 Å². The molecule has 1 rings (SSSR count). The van der Waals surface area contributed by atoms with E-state index < -0.39 is 11.1 Å². The highest BCUT2D eigenvalue weighted by Crippen LogP contribution is 2.04. The van der Waals surface area contributed by atoms with Crippen molar-refractivity contribution in [2.75, 3.05) is 7.11 Å². The minimum Gasteiger partial charge on any atom is -0.290 e. The molecule has 54 valence electrons. The maximum Gasteiger partial charge on any atom is 0.188 e. The normalized spacial score (nSPS) is 12.9. The van der Waals surface area contributed by atoms with E-state index in [4.69, 9.17) is 0 Å². The lowest BCUT2D eigenvalue weighted by atomic mass is 10.4. The van der Waals surface area contributed by atoms with E-state index in [2.05, 4.69) is 4.18 Å². The Balaban J connectivity index is 2.85. The van der Waals surface area contributed by atoms with Crippen molar-refractivity contribution in [2.24, 2.45) is 0 Å². The van der Waals surface area contributed by atoms with Gasteiger partial charge in [0.1, 0.15) is 0 Å². The van der Waals surface area contributed by atoms with Gasteiger partial charge in [0.15, 0.2) is 11.1 Å². The smallest absolute Gasteiger partial charge is 0.188 e. The fourth-order valence-corrected chi connectivity index (χ4v) is 1.20. The third kappa shape index (κ3) is 1.65. The lowest BCUT2D eigenvalue weighted by Crippen LogP contribution is -1.91. The first kappa shape index (κ1) is 7.44. The molecule has 0 radical (unpaired) electrons. The van der Waals surface area contributed by atoms with E-state index in [9.17, 15) is 4.21 Å². The molecule has 10 heavy (non-hydrogen) atoms. The fraction of sp³-hybridized carbons (Fsp3) is 0.143. The number of hydrogen-bond donors (Lipinski definition) is 0. The van der Waals surface area contributed by atoms with E-state index in [1.807, 2.05) is 18.2 Å². The van der Waals surface area contributed by atoms with Gasteiger partial charge in [-0.3, -0.25) is 4.18 Å². The third-order valence-corrected chi connectivity index (χ3v) is 2.05. The van der Waals surface area contributed by atoms with Crippen LogP contribution in [0.25, 0.3) is 0 Å². The molecule has 1 aromatic rings. The summed E-state index contributed by atoms with van der Waals surface area (Å²) in [7, 11) is 1.42. The van der Waals surface area contributed by atoms with E-state index in [-0.39, 0.29) is 0 Å². The highest BCUT2D eigenvalue weighted by molar-refractivity contribution is 7.80. The summed E-state index contributed by atoms with van der Waals surface area (Å²) in [5.74, 6) is 0. The van der Waals surface area contributed by atoms with Crippen LogP contribution in [0.4, 0.5) is 0 Å². The Kier molecular flexibility index (Phi) is 2.59. The molecule has 0 saturated carbocycles. The number of benzene rings is 1. The van der Waals surface area contributed by atoms with Crippen LogP contribution in [0, 0.1) is 0 Å². The molecular formula is C7H8O2S. The molecular weight excluding hydrogens is 148 g/mol. The van der Waals surface area contributed by atoms with Gasteiger partial charge in [-0.25, -0.2) is 4.21 Å². The van der Waals surface area contributed by atoms with Gasteiger partial charge in [0.05, 0.1) is 12.0 Å². The van der Waals surface area contributed by atoms with Gasteiger partial charge in [0.25, 0.3) is 0 Å². The summed E-state index contributed by atoms with van der Waals surface area (Å²) >= 11 is -1.29. The van der Waals surface area contributed by atoms with E-state index in [0.29, 0.717) is 4.90 Å². The Hall–Kier alpha value is -0.670. The molecule has 0 aliphatic rings. The van der Waals surface area contributed by atoms with Crippen molar-refractivity contribution in [3.8, 4) is 0 Å². The van der Waals surface area contributed by atoms with Crippen LogP contribution in [0.5, 0.6) is 0 Å². The fourth-order valence-electron chi connectivity index (χ4n) is 0.628. The second kappa shape index (κ2) is 3.49. The molecule has 0 unspecified atom stereocenters. The average Bonchev–Trinajstić information content (AvgIpc) is 2.05. The van der Waals surface area contributed by atoms with Gasteiger partial charge < -0.3 is 0 Å². The van der Waals surface area contributed by atoms with Gasteiger partial charge >= 0.3 is 0 Å². The molecule has 0 bridgehead atoms. The summed E-state index contributed by atoms with van der Waals surface area (Å²) < 4.78 is 15.5. The van der Waals surface area contributed by atoms with Crippen LogP contribution in [0.2, 0.25) is 0 Å². The lowest BCUT2D eigenvalue weighted by Gasteiger charge is -1.95. The minimum absolute atomic E-state index is 0.699. The molecule has 0 aromatic heterocycles. The van der Waals surface area contributed by atoms with Crippen molar-refractivity contribution in [1.82, 2.24) is 0 Å². The SMILES string of the molecule is CO[S@@](=O)c1ccccc1. The minimum atomic E-state index is -1.29. The predicted molar refractivity (Wildman–Crippen MR) is 39.9 cm³/mol. The Morgan fingerprint density at radius 2 is 1.90 bits per heavy atom. The van der Waals surface area contributed by atoms with Crippen LogP contribution in [0.15, 0.2) is 35.2 Å². The van der Waals surface area contributed by atoms with Gasteiger partial charge in [-0.1, -0.05) is 18.2 Å². The number of hydrogen-bond acceptors (Lipinski definition) is 2. The van der Waals surface area contributed by atoms with Gasteiger partial charge in [-0.2, -0.15) is 0 Å². The molecule has 0 spiro atoms. The van der Waals surface area contributed by atoms with Gasteiger partial charge in [0, 0.05) is 0 Å². The van der Waals surface area contributed by atoms with E-state index in [1.54, 1.807) is 12.1 Å². The Morgan fingerprint density at radius 1 is 1.30 bits per heavy atom. The van der Waals surface area contributed by atoms with Crippen molar-refractivity contribution in [2.45, 2.75) is 4.90 Å². The molecule has 2 nitrogen and oxygen atoms in total. The van der Waals surface area contributed by atoms with Crippen LogP contribution in [-0.2, 0) is 15.3 Å². The summed E-state index contributed by atoms with van der Waals surface area (Å²) in [4.78, 5) is 0.699. The van der Waals surface area contributed by atoms with Crippen LogP contribution >= 0.6 is 0 Å². The van der Waals surface area contributed by atoms with Gasteiger partial charge in [-0.05, 0) is 12.1 Å². The molecule has 0 heterocycles. The zero-order chi connectivity index (χ0) is 7.40. The lowest BCUT2D eigenvalue weighted by molar-refractivity contribution is 0.446. The predicted octanol–water partition coefficient (Wildman–Crippen LogP) is 1.36. The number of rotatable bonds is 2. The van der Waals surface area contributed by atoms with E-state index in [0.717, 1.165) is 0 Å². The summed E-state index contributed by atoms with van der Waals surface area (Å²) in [6.07, 6.45) is 0. The van der Waals surface area contributed by atoms with Gasteiger partial charge in [-0.15, -0.1) is 0 Å². The van der Waals surface area contributed by atoms with Crippen LogP contribution in [0.3, 0.4) is 0 Å². The largest absolute Gasteiger partial charge is 0.290 e. The summed E-state index contributed by atoms with van der Waals surface area (Å²) in [5, 5.41) is 0. The Labute approximate surface area is 62.5 Å². The molecule has 1 aromatic carbocycles. The second-order valence-corrected chi connectivity index (χ2v) is 2.99. The summed E-state index contributed by atoms with van der Waals surface area (Å²) in [5.41, 5.74) is 0. The molecule has 1 atom stereocenters. The molecule has 0 aliphatic carbocycles. The first-order valence-electron chi connectivity index (χ1n) is 2.86. The average molecular weight is 156 g/mol. The molecule has 0 saturated heterocycles. The second-order valence-electron chi connectivity index (χ2n) is 1.71. The topological polar surface area (TPSA) is 26.3 Å². The molecule has 0 amide bonds. The van der Waals surface area contributed by atoms with E-state index in [1.165, 1.54) is 7.11 Å². The Morgan fingerprint density at radius 3 is 2.40 bits per heavy atom. The van der Waals surface area contributed by atoms with Crippen molar-refractivity contribution >= 4 is 11.1 Å². The quantitative estimate of drug-likeness (QED) is 0.646. The van der Waals surface area contributed by atoms with Crippen LogP contribution in [0.1, 0.15) is 0 Å². The zero-order valence-electron chi connectivity index (χ0n) is 5.61. The van der Waals surface area contributed by atoms with Crippen LogP contribution < -0.4 is 0 Å². The summed E-state index contributed by atoms with van der Waals surface area (Å²) in [6.45, 7) is 0. The maximum atomic E-state index is 10.9. The molecule has 0 N–H and O–H groups in total. The molecule has 3 heteroatoms. The van der Waals surface area contributed by atoms with E-state index >= 15 is 0 Å².